The zero-order valence-corrected chi connectivity index (χ0v) is 16.9. The first-order valence-corrected chi connectivity index (χ1v) is 9.82. The van der Waals surface area contributed by atoms with Crippen LogP contribution in [0.15, 0.2) is 54.6 Å². The Morgan fingerprint density at radius 1 is 1.04 bits per heavy atom. The Labute approximate surface area is 167 Å². The molecule has 2 heterocycles. The molecule has 146 valence electrons. The number of nitrogens with zero attached hydrogens (tertiary/aromatic N) is 4. The van der Waals surface area contributed by atoms with Crippen molar-refractivity contribution in [3.05, 3.63) is 65.9 Å². The van der Waals surface area contributed by atoms with Crippen molar-refractivity contribution in [3.63, 3.8) is 0 Å². The number of rotatable bonds is 5. The third-order valence-corrected chi connectivity index (χ3v) is 5.32. The summed E-state index contributed by atoms with van der Waals surface area (Å²) in [6.07, 6.45) is 1.11. The van der Waals surface area contributed by atoms with Crippen molar-refractivity contribution in [1.29, 1.82) is 0 Å². The van der Waals surface area contributed by atoms with Gasteiger partial charge in [0.05, 0.1) is 18.5 Å². The lowest BCUT2D eigenvalue weighted by atomic mass is 10.1. The highest BCUT2D eigenvalue weighted by Crippen LogP contribution is 2.26. The fourth-order valence-electron chi connectivity index (χ4n) is 3.74. The van der Waals surface area contributed by atoms with Crippen LogP contribution < -0.4 is 9.64 Å². The number of anilines is 1. The second-order valence-corrected chi connectivity index (χ2v) is 7.60. The number of fused-ring (bicyclic) bond motifs is 1. The van der Waals surface area contributed by atoms with Crippen molar-refractivity contribution in [1.82, 2.24) is 14.7 Å². The maximum absolute atomic E-state index is 5.36. The Hall–Kier alpha value is -2.79. The van der Waals surface area contributed by atoms with E-state index < -0.39 is 0 Å². The molecule has 0 fully saturated rings. The molecule has 1 aliphatic heterocycles. The van der Waals surface area contributed by atoms with E-state index in [0.717, 1.165) is 49.6 Å². The molecule has 5 heteroatoms. The van der Waals surface area contributed by atoms with Crippen LogP contribution in [0.3, 0.4) is 0 Å². The predicted octanol–water partition coefficient (Wildman–Crippen LogP) is 4.03. The van der Waals surface area contributed by atoms with Gasteiger partial charge in [0.1, 0.15) is 5.75 Å². The molecule has 0 saturated heterocycles. The molecule has 0 unspecified atom stereocenters. The molecule has 5 nitrogen and oxygen atoms in total. The summed E-state index contributed by atoms with van der Waals surface area (Å²) in [7, 11) is 5.85. The maximum atomic E-state index is 5.36. The van der Waals surface area contributed by atoms with Gasteiger partial charge in [0, 0.05) is 51.5 Å². The number of aromatic nitrogens is 2. The van der Waals surface area contributed by atoms with Crippen molar-refractivity contribution < 1.29 is 4.74 Å². The van der Waals surface area contributed by atoms with Gasteiger partial charge in [-0.1, -0.05) is 24.3 Å². The van der Waals surface area contributed by atoms with E-state index in [9.17, 15) is 0 Å². The van der Waals surface area contributed by atoms with Crippen LogP contribution in [-0.2, 0) is 19.6 Å². The van der Waals surface area contributed by atoms with Gasteiger partial charge in [-0.05, 0) is 42.3 Å². The van der Waals surface area contributed by atoms with Crippen LogP contribution in [-0.4, -0.2) is 42.4 Å². The van der Waals surface area contributed by atoms with Crippen LogP contribution in [0.25, 0.3) is 11.3 Å². The van der Waals surface area contributed by atoms with Gasteiger partial charge in [-0.3, -0.25) is 9.58 Å². The molecule has 0 N–H and O–H groups in total. The first-order valence-electron chi connectivity index (χ1n) is 9.82. The summed E-state index contributed by atoms with van der Waals surface area (Å²) in [5.74, 6) is 0.864. The van der Waals surface area contributed by atoms with E-state index in [4.69, 9.17) is 9.84 Å². The quantitative estimate of drug-likeness (QED) is 0.673. The highest BCUT2D eigenvalue weighted by Gasteiger charge is 2.17. The van der Waals surface area contributed by atoms with Gasteiger partial charge in [0.2, 0.25) is 0 Å². The van der Waals surface area contributed by atoms with Crippen molar-refractivity contribution in [2.75, 3.05) is 32.6 Å². The lowest BCUT2D eigenvalue weighted by Crippen LogP contribution is -2.22. The molecule has 0 atom stereocenters. The normalized spacial score (nSPS) is 14.4. The lowest BCUT2D eigenvalue weighted by molar-refractivity contribution is 0.261. The summed E-state index contributed by atoms with van der Waals surface area (Å²) in [4.78, 5) is 4.65. The number of methoxy groups -OCH3 is 1. The minimum absolute atomic E-state index is 0.864. The Bertz CT molecular complexity index is 930. The topological polar surface area (TPSA) is 33.5 Å². The second-order valence-electron chi connectivity index (χ2n) is 7.60. The van der Waals surface area contributed by atoms with Gasteiger partial charge in [-0.25, -0.2) is 0 Å². The van der Waals surface area contributed by atoms with Gasteiger partial charge in [-0.2, -0.15) is 5.10 Å². The van der Waals surface area contributed by atoms with Crippen LogP contribution in [0.4, 0.5) is 5.69 Å². The van der Waals surface area contributed by atoms with Crippen molar-refractivity contribution in [3.8, 4) is 17.0 Å². The standard InChI is InChI=1S/C23H28N4O/c1-25(2)20-10-8-18(9-11-20)16-26-12-5-13-27-21(17-26)15-23(24-27)19-6-4-7-22(14-19)28-3/h4,6-11,14-15H,5,12-13,16-17H2,1-3H3. The first kappa shape index (κ1) is 18.6. The number of benzene rings is 2. The minimum Gasteiger partial charge on any atom is -0.497 e. The van der Waals surface area contributed by atoms with Crippen molar-refractivity contribution in [2.24, 2.45) is 0 Å². The molecule has 28 heavy (non-hydrogen) atoms. The largest absolute Gasteiger partial charge is 0.497 e. The molecule has 1 aliphatic rings. The summed E-state index contributed by atoms with van der Waals surface area (Å²) in [5, 5.41) is 4.86. The third kappa shape index (κ3) is 4.04. The highest BCUT2D eigenvalue weighted by molar-refractivity contribution is 5.61. The molecular formula is C23H28N4O. The van der Waals surface area contributed by atoms with Gasteiger partial charge in [-0.15, -0.1) is 0 Å². The second kappa shape index (κ2) is 8.07. The van der Waals surface area contributed by atoms with Crippen LogP contribution in [0.1, 0.15) is 17.7 Å². The smallest absolute Gasteiger partial charge is 0.119 e. The average Bonchev–Trinajstić information content (AvgIpc) is 3.01. The number of ether oxygens (including phenoxy) is 1. The molecule has 3 aromatic rings. The zero-order chi connectivity index (χ0) is 19.5. The van der Waals surface area contributed by atoms with Crippen LogP contribution >= 0.6 is 0 Å². The van der Waals surface area contributed by atoms with Gasteiger partial charge < -0.3 is 9.64 Å². The minimum atomic E-state index is 0.864. The number of aryl methyl sites for hydroxylation is 1. The van der Waals surface area contributed by atoms with E-state index in [-0.39, 0.29) is 0 Å². The monoisotopic (exact) mass is 376 g/mol. The Balaban J connectivity index is 1.50. The SMILES string of the molecule is COc1cccc(-c2cc3n(n2)CCCN(Cc2ccc(N(C)C)cc2)C3)c1. The summed E-state index contributed by atoms with van der Waals surface area (Å²) in [5.41, 5.74) is 5.99. The van der Waals surface area contributed by atoms with E-state index >= 15 is 0 Å². The average molecular weight is 377 g/mol. The molecule has 4 rings (SSSR count). The van der Waals surface area contributed by atoms with Crippen LogP contribution in [0.5, 0.6) is 5.75 Å². The summed E-state index contributed by atoms with van der Waals surface area (Å²) >= 11 is 0. The summed E-state index contributed by atoms with van der Waals surface area (Å²) in [6, 6.07) is 19.2. The van der Waals surface area contributed by atoms with Crippen LogP contribution in [0.2, 0.25) is 0 Å². The molecule has 1 aromatic heterocycles. The fourth-order valence-corrected chi connectivity index (χ4v) is 3.74. The van der Waals surface area contributed by atoms with E-state index in [1.54, 1.807) is 7.11 Å². The summed E-state index contributed by atoms with van der Waals surface area (Å²) < 4.78 is 7.53. The highest BCUT2D eigenvalue weighted by atomic mass is 16.5. The molecule has 0 radical (unpaired) electrons. The third-order valence-electron chi connectivity index (χ3n) is 5.32. The van der Waals surface area contributed by atoms with Gasteiger partial charge in [0.25, 0.3) is 0 Å². The van der Waals surface area contributed by atoms with E-state index in [0.29, 0.717) is 0 Å². The first-order chi connectivity index (χ1) is 13.6. The molecule has 0 spiro atoms. The molecular weight excluding hydrogens is 348 g/mol. The zero-order valence-electron chi connectivity index (χ0n) is 16.9. The van der Waals surface area contributed by atoms with E-state index in [1.807, 2.05) is 18.2 Å². The summed E-state index contributed by atoms with van der Waals surface area (Å²) in [6.45, 7) is 3.95. The Morgan fingerprint density at radius 3 is 2.61 bits per heavy atom. The molecule has 0 aliphatic carbocycles. The molecule has 0 saturated carbocycles. The van der Waals surface area contributed by atoms with Gasteiger partial charge in [0.15, 0.2) is 0 Å². The van der Waals surface area contributed by atoms with Gasteiger partial charge >= 0.3 is 0 Å². The van der Waals surface area contributed by atoms with Crippen LogP contribution in [0, 0.1) is 0 Å². The molecule has 0 amide bonds. The molecule has 2 aromatic carbocycles. The van der Waals surface area contributed by atoms with Crippen molar-refractivity contribution in [2.45, 2.75) is 26.1 Å². The maximum Gasteiger partial charge on any atom is 0.119 e. The lowest BCUT2D eigenvalue weighted by Gasteiger charge is -2.20. The van der Waals surface area contributed by atoms with E-state index in [1.165, 1.54) is 16.9 Å². The molecule has 0 bridgehead atoms. The van der Waals surface area contributed by atoms with E-state index in [2.05, 4.69) is 65.0 Å². The Kier molecular flexibility index (Phi) is 5.35. The fraction of sp³-hybridized carbons (Fsp3) is 0.348. The number of hydrogen-bond donors (Lipinski definition) is 0. The van der Waals surface area contributed by atoms with Crippen molar-refractivity contribution >= 4 is 5.69 Å². The number of hydrogen-bond acceptors (Lipinski definition) is 4. The predicted molar refractivity (Wildman–Crippen MR) is 114 cm³/mol. The Morgan fingerprint density at radius 2 is 1.86 bits per heavy atom.